The highest BCUT2D eigenvalue weighted by atomic mass is 35.5. The van der Waals surface area contributed by atoms with Crippen molar-refractivity contribution in [1.82, 2.24) is 15.1 Å². The van der Waals surface area contributed by atoms with Crippen molar-refractivity contribution in [2.45, 2.75) is 46.6 Å². The molecule has 0 spiro atoms. The minimum absolute atomic E-state index is 0.167. The van der Waals surface area contributed by atoms with Gasteiger partial charge in [0, 0.05) is 25.1 Å². The van der Waals surface area contributed by atoms with Crippen LogP contribution in [0.4, 0.5) is 0 Å². The average molecular weight is 310 g/mol. The smallest absolute Gasteiger partial charge is 0.106 e. The monoisotopic (exact) mass is 309 g/mol. The number of rotatable bonds is 5. The molecule has 2 rings (SSSR count). The van der Waals surface area contributed by atoms with Crippen molar-refractivity contribution in [2.75, 3.05) is 7.05 Å². The number of halogens is 1. The van der Waals surface area contributed by atoms with Crippen molar-refractivity contribution in [3.05, 3.63) is 39.1 Å². The first-order valence-electron chi connectivity index (χ1n) is 7.34. The van der Waals surface area contributed by atoms with Crippen LogP contribution in [-0.2, 0) is 19.9 Å². The van der Waals surface area contributed by atoms with Gasteiger partial charge in [0.1, 0.15) is 11.5 Å². The molecular formula is C16H24ClN3O. The van der Waals surface area contributed by atoms with Gasteiger partial charge in [0.05, 0.1) is 16.4 Å². The van der Waals surface area contributed by atoms with E-state index in [4.69, 9.17) is 16.0 Å². The zero-order chi connectivity index (χ0) is 15.7. The van der Waals surface area contributed by atoms with E-state index in [0.717, 1.165) is 40.8 Å². The molecule has 2 aromatic rings. The van der Waals surface area contributed by atoms with Crippen LogP contribution in [0.2, 0.25) is 5.02 Å². The van der Waals surface area contributed by atoms with Crippen molar-refractivity contribution in [1.29, 1.82) is 0 Å². The van der Waals surface area contributed by atoms with E-state index in [1.807, 2.05) is 32.6 Å². The lowest BCUT2D eigenvalue weighted by Gasteiger charge is -2.17. The van der Waals surface area contributed by atoms with Gasteiger partial charge in [0.2, 0.25) is 0 Å². The molecule has 1 atom stereocenters. The summed E-state index contributed by atoms with van der Waals surface area (Å²) in [5, 5.41) is 8.66. The summed E-state index contributed by atoms with van der Waals surface area (Å²) in [4.78, 5) is 0. The Morgan fingerprint density at radius 3 is 2.38 bits per heavy atom. The summed E-state index contributed by atoms with van der Waals surface area (Å²) in [7, 11) is 3.92. The maximum absolute atomic E-state index is 6.47. The molecule has 1 N–H and O–H groups in total. The normalized spacial score (nSPS) is 12.9. The van der Waals surface area contributed by atoms with E-state index in [1.165, 1.54) is 11.1 Å². The molecule has 0 aliphatic heterocycles. The number of likely N-dealkylation sites (N-methyl/N-ethyl adjacent to an activating group) is 1. The first-order valence-corrected chi connectivity index (χ1v) is 7.72. The Labute approximate surface area is 131 Å². The maximum Gasteiger partial charge on any atom is 0.106 e. The summed E-state index contributed by atoms with van der Waals surface area (Å²) in [5.74, 6) is 1.95. The van der Waals surface area contributed by atoms with Crippen molar-refractivity contribution in [3.8, 4) is 0 Å². The molecule has 2 aromatic heterocycles. The van der Waals surface area contributed by atoms with E-state index in [2.05, 4.69) is 24.3 Å². The van der Waals surface area contributed by atoms with Crippen LogP contribution >= 0.6 is 11.6 Å². The summed E-state index contributed by atoms with van der Waals surface area (Å²) in [6, 6.07) is 0.167. The zero-order valence-electron chi connectivity index (χ0n) is 13.7. The van der Waals surface area contributed by atoms with E-state index in [1.54, 1.807) is 0 Å². The molecule has 21 heavy (non-hydrogen) atoms. The molecule has 0 aliphatic carbocycles. The largest absolute Gasteiger partial charge is 0.466 e. The fourth-order valence-corrected chi connectivity index (χ4v) is 3.28. The summed E-state index contributed by atoms with van der Waals surface area (Å²) < 4.78 is 7.65. The molecule has 0 saturated carbocycles. The highest BCUT2D eigenvalue weighted by Gasteiger charge is 2.23. The maximum atomic E-state index is 6.47. The number of hydrogen-bond donors (Lipinski definition) is 1. The van der Waals surface area contributed by atoms with Gasteiger partial charge in [-0.3, -0.25) is 4.68 Å². The molecule has 0 saturated heterocycles. The number of nitrogens with one attached hydrogen (secondary N) is 1. The number of hydrogen-bond acceptors (Lipinski definition) is 3. The second-order valence-electron chi connectivity index (χ2n) is 5.48. The Morgan fingerprint density at radius 2 is 1.95 bits per heavy atom. The Morgan fingerprint density at radius 1 is 1.29 bits per heavy atom. The van der Waals surface area contributed by atoms with Crippen molar-refractivity contribution < 1.29 is 4.42 Å². The van der Waals surface area contributed by atoms with Crippen LogP contribution in [0.25, 0.3) is 0 Å². The molecule has 0 fully saturated rings. The second-order valence-corrected chi connectivity index (χ2v) is 5.86. The van der Waals surface area contributed by atoms with E-state index in [9.17, 15) is 0 Å². The predicted octanol–water partition coefficient (Wildman–Crippen LogP) is 3.66. The molecule has 0 bridgehead atoms. The van der Waals surface area contributed by atoms with Crippen LogP contribution < -0.4 is 5.32 Å². The third-order valence-corrected chi connectivity index (χ3v) is 4.65. The van der Waals surface area contributed by atoms with Gasteiger partial charge in [-0.25, -0.2) is 0 Å². The summed E-state index contributed by atoms with van der Waals surface area (Å²) in [5.41, 5.74) is 4.46. The van der Waals surface area contributed by atoms with Gasteiger partial charge < -0.3 is 9.73 Å². The summed E-state index contributed by atoms with van der Waals surface area (Å²) in [6.45, 7) is 8.20. The lowest BCUT2D eigenvalue weighted by molar-refractivity contribution is 0.487. The Kier molecular flexibility index (Phi) is 4.79. The lowest BCUT2D eigenvalue weighted by Crippen LogP contribution is -2.21. The Bertz CT molecular complexity index is 642. The molecule has 0 radical (unpaired) electrons. The highest BCUT2D eigenvalue weighted by Crippen LogP contribution is 2.31. The van der Waals surface area contributed by atoms with E-state index >= 15 is 0 Å². The number of furan rings is 1. The fraction of sp³-hybridized carbons (Fsp3) is 0.562. The molecule has 5 heteroatoms. The van der Waals surface area contributed by atoms with Crippen LogP contribution in [0, 0.1) is 20.8 Å². The van der Waals surface area contributed by atoms with Crippen LogP contribution in [-0.4, -0.2) is 16.8 Å². The quantitative estimate of drug-likeness (QED) is 0.916. The van der Waals surface area contributed by atoms with Gasteiger partial charge in [-0.05, 0) is 39.8 Å². The standard InChI is InChI=1S/C16H24ClN3O/c1-7-12-16(17)14(20(6)19-12)8-13(18-5)15-9(2)10(3)21-11(15)4/h13,18H,7-8H2,1-6H3. The molecule has 2 heterocycles. The van der Waals surface area contributed by atoms with Gasteiger partial charge in [-0.1, -0.05) is 18.5 Å². The van der Waals surface area contributed by atoms with Crippen molar-refractivity contribution in [2.24, 2.45) is 7.05 Å². The van der Waals surface area contributed by atoms with Gasteiger partial charge in [0.25, 0.3) is 0 Å². The third kappa shape index (κ3) is 2.87. The molecule has 0 aromatic carbocycles. The van der Waals surface area contributed by atoms with Gasteiger partial charge >= 0.3 is 0 Å². The van der Waals surface area contributed by atoms with Gasteiger partial charge in [-0.15, -0.1) is 0 Å². The number of aromatic nitrogens is 2. The van der Waals surface area contributed by atoms with E-state index < -0.39 is 0 Å². The SMILES string of the molecule is CCc1nn(C)c(CC(NC)c2c(C)oc(C)c2C)c1Cl. The van der Waals surface area contributed by atoms with Gasteiger partial charge in [0.15, 0.2) is 0 Å². The first-order chi connectivity index (χ1) is 9.90. The molecule has 116 valence electrons. The number of nitrogens with zero attached hydrogens (tertiary/aromatic N) is 2. The van der Waals surface area contributed by atoms with Crippen molar-refractivity contribution in [3.63, 3.8) is 0 Å². The van der Waals surface area contributed by atoms with Crippen molar-refractivity contribution >= 4 is 11.6 Å². The molecule has 4 nitrogen and oxygen atoms in total. The zero-order valence-corrected chi connectivity index (χ0v) is 14.4. The number of aryl methyl sites for hydroxylation is 4. The van der Waals surface area contributed by atoms with Gasteiger partial charge in [-0.2, -0.15) is 5.10 Å². The summed E-state index contributed by atoms with van der Waals surface area (Å²) >= 11 is 6.47. The average Bonchev–Trinajstić information content (AvgIpc) is 2.86. The summed E-state index contributed by atoms with van der Waals surface area (Å²) in [6.07, 6.45) is 1.64. The molecule has 1 unspecified atom stereocenters. The Hall–Kier alpha value is -1.26. The second kappa shape index (κ2) is 6.24. The molecule has 0 amide bonds. The topological polar surface area (TPSA) is 43.0 Å². The lowest BCUT2D eigenvalue weighted by atomic mass is 9.98. The first kappa shape index (κ1) is 16.1. The van der Waals surface area contributed by atoms with Crippen LogP contribution in [0.5, 0.6) is 0 Å². The fourth-order valence-electron chi connectivity index (χ4n) is 2.90. The van der Waals surface area contributed by atoms with Crippen LogP contribution in [0.1, 0.15) is 47.0 Å². The third-order valence-electron chi connectivity index (χ3n) is 4.21. The highest BCUT2D eigenvalue weighted by molar-refractivity contribution is 6.31. The minimum Gasteiger partial charge on any atom is -0.466 e. The van der Waals surface area contributed by atoms with Crippen LogP contribution in [0.3, 0.4) is 0 Å². The van der Waals surface area contributed by atoms with E-state index in [-0.39, 0.29) is 6.04 Å². The molecule has 0 aliphatic rings. The van der Waals surface area contributed by atoms with E-state index in [0.29, 0.717) is 0 Å². The predicted molar refractivity (Wildman–Crippen MR) is 86.0 cm³/mol. The minimum atomic E-state index is 0.167. The molecular weight excluding hydrogens is 286 g/mol. The van der Waals surface area contributed by atoms with Crippen LogP contribution in [0.15, 0.2) is 4.42 Å². The Balaban J connectivity index is 2.38.